The summed E-state index contributed by atoms with van der Waals surface area (Å²) in [5.41, 5.74) is 11.8. The van der Waals surface area contributed by atoms with Crippen molar-refractivity contribution < 1.29 is 13.0 Å². The molecule has 1 aromatic rings. The number of nitrogens with two attached hydrogens (primary N) is 2. The Kier molecular flexibility index (Phi) is 3.33. The largest absolute Gasteiger partial charge is 0.399 e. The zero-order chi connectivity index (χ0) is 11.6. The lowest BCUT2D eigenvalue weighted by molar-refractivity contribution is 0.481. The van der Waals surface area contributed by atoms with E-state index in [1.807, 2.05) is 0 Å². The molecule has 0 aliphatic rings. The molecule has 5 N–H and O–H groups in total. The van der Waals surface area contributed by atoms with Crippen molar-refractivity contribution in [3.05, 3.63) is 23.8 Å². The summed E-state index contributed by atoms with van der Waals surface area (Å²) in [6.45, 7) is 1.75. The maximum atomic E-state index is 11.0. The van der Waals surface area contributed by atoms with Gasteiger partial charge in [0.25, 0.3) is 10.1 Å². The lowest BCUT2D eigenvalue weighted by Gasteiger charge is -2.10. The number of nitrogen functional groups attached to an aromatic ring is 1. The molecule has 0 bridgehead atoms. The van der Waals surface area contributed by atoms with E-state index in [1.54, 1.807) is 19.1 Å². The second-order valence-electron chi connectivity index (χ2n) is 3.52. The Morgan fingerprint density at radius 1 is 1.47 bits per heavy atom. The fraction of sp³-hybridized carbons (Fsp3) is 0.333. The summed E-state index contributed by atoms with van der Waals surface area (Å²) in [7, 11) is -4.24. The molecule has 0 saturated heterocycles. The molecular weight excluding hydrogens is 216 g/mol. The highest BCUT2D eigenvalue weighted by Gasteiger charge is 2.16. The summed E-state index contributed by atoms with van der Waals surface area (Å²) in [6.07, 6.45) is 0.370. The lowest BCUT2D eigenvalue weighted by atomic mass is 10.1. The Hall–Kier alpha value is -1.11. The third-order valence-corrected chi connectivity index (χ3v) is 2.85. The van der Waals surface area contributed by atoms with Crippen LogP contribution in [0.4, 0.5) is 5.69 Å². The van der Waals surface area contributed by atoms with E-state index in [0.29, 0.717) is 12.0 Å². The summed E-state index contributed by atoms with van der Waals surface area (Å²) < 4.78 is 31.1. The average Bonchev–Trinajstić information content (AvgIpc) is 2.05. The fourth-order valence-electron chi connectivity index (χ4n) is 1.33. The van der Waals surface area contributed by atoms with Crippen LogP contribution in [0.15, 0.2) is 23.1 Å². The zero-order valence-corrected chi connectivity index (χ0v) is 9.16. The second-order valence-corrected chi connectivity index (χ2v) is 4.91. The Balaban J connectivity index is 3.27. The van der Waals surface area contributed by atoms with Crippen LogP contribution in [0.25, 0.3) is 0 Å². The summed E-state index contributed by atoms with van der Waals surface area (Å²) in [5, 5.41) is 0. The quantitative estimate of drug-likeness (QED) is 0.515. The average molecular weight is 230 g/mol. The molecule has 5 nitrogen and oxygen atoms in total. The fourth-order valence-corrected chi connectivity index (χ4v) is 2.09. The first-order valence-corrected chi connectivity index (χ1v) is 5.86. The molecule has 1 rings (SSSR count). The monoisotopic (exact) mass is 230 g/mol. The van der Waals surface area contributed by atoms with Gasteiger partial charge in [0.15, 0.2) is 0 Å². The van der Waals surface area contributed by atoms with Gasteiger partial charge >= 0.3 is 0 Å². The molecule has 0 heterocycles. The van der Waals surface area contributed by atoms with Gasteiger partial charge in [0, 0.05) is 11.7 Å². The van der Waals surface area contributed by atoms with E-state index >= 15 is 0 Å². The van der Waals surface area contributed by atoms with Gasteiger partial charge in [0.2, 0.25) is 0 Å². The molecule has 1 unspecified atom stereocenters. The smallest absolute Gasteiger partial charge is 0.294 e. The highest BCUT2D eigenvalue weighted by Crippen LogP contribution is 2.19. The molecule has 0 spiro atoms. The molecule has 1 atom stereocenters. The SMILES string of the molecule is CC(N)Cc1ccc(N)cc1S(=O)(=O)O. The van der Waals surface area contributed by atoms with Gasteiger partial charge in [0.05, 0.1) is 4.90 Å². The number of hydrogen-bond acceptors (Lipinski definition) is 4. The van der Waals surface area contributed by atoms with Crippen LogP contribution in [0.3, 0.4) is 0 Å². The van der Waals surface area contributed by atoms with Crippen molar-refractivity contribution in [2.24, 2.45) is 5.73 Å². The normalized spacial score (nSPS) is 13.8. The van der Waals surface area contributed by atoms with Crippen LogP contribution in [-0.2, 0) is 16.5 Å². The minimum absolute atomic E-state index is 0.167. The molecule has 15 heavy (non-hydrogen) atoms. The Morgan fingerprint density at radius 2 is 2.07 bits per heavy atom. The molecule has 0 aliphatic heterocycles. The van der Waals surface area contributed by atoms with E-state index in [0.717, 1.165) is 0 Å². The van der Waals surface area contributed by atoms with E-state index in [4.69, 9.17) is 16.0 Å². The Bertz CT molecular complexity index is 454. The molecule has 0 radical (unpaired) electrons. The molecule has 0 amide bonds. The molecule has 84 valence electrons. The molecule has 0 aliphatic carbocycles. The van der Waals surface area contributed by atoms with Crippen molar-refractivity contribution >= 4 is 15.8 Å². The van der Waals surface area contributed by atoms with Crippen LogP contribution in [-0.4, -0.2) is 19.0 Å². The Labute approximate surface area is 88.8 Å². The van der Waals surface area contributed by atoms with Crippen molar-refractivity contribution in [2.45, 2.75) is 24.3 Å². The minimum atomic E-state index is -4.24. The van der Waals surface area contributed by atoms with E-state index in [2.05, 4.69) is 0 Å². The third-order valence-electron chi connectivity index (χ3n) is 1.91. The van der Waals surface area contributed by atoms with Gasteiger partial charge in [-0.1, -0.05) is 6.07 Å². The van der Waals surface area contributed by atoms with Gasteiger partial charge in [-0.15, -0.1) is 0 Å². The number of anilines is 1. The second kappa shape index (κ2) is 4.18. The van der Waals surface area contributed by atoms with E-state index < -0.39 is 10.1 Å². The van der Waals surface area contributed by atoms with Crippen LogP contribution < -0.4 is 11.5 Å². The summed E-state index contributed by atoms with van der Waals surface area (Å²) in [4.78, 5) is -0.167. The highest BCUT2D eigenvalue weighted by atomic mass is 32.2. The summed E-state index contributed by atoms with van der Waals surface area (Å²) in [6, 6.07) is 4.18. The van der Waals surface area contributed by atoms with Gasteiger partial charge in [-0.05, 0) is 31.0 Å². The van der Waals surface area contributed by atoms with Gasteiger partial charge in [-0.2, -0.15) is 8.42 Å². The maximum Gasteiger partial charge on any atom is 0.294 e. The molecular formula is C9H14N2O3S. The first kappa shape index (κ1) is 12.0. The summed E-state index contributed by atoms with van der Waals surface area (Å²) >= 11 is 0. The standard InChI is InChI=1S/C9H14N2O3S/c1-6(10)4-7-2-3-8(11)5-9(7)15(12,13)14/h2-3,5-6H,4,10-11H2,1H3,(H,12,13,14). The lowest BCUT2D eigenvalue weighted by Crippen LogP contribution is -2.19. The van der Waals surface area contributed by atoms with Crippen molar-refractivity contribution in [1.82, 2.24) is 0 Å². The molecule has 0 fully saturated rings. The molecule has 6 heteroatoms. The zero-order valence-electron chi connectivity index (χ0n) is 8.34. The highest BCUT2D eigenvalue weighted by molar-refractivity contribution is 7.85. The predicted octanol–water partition coefficient (Wildman–Crippen LogP) is 0.405. The van der Waals surface area contributed by atoms with Crippen LogP contribution in [0.2, 0.25) is 0 Å². The molecule has 0 aromatic heterocycles. The number of rotatable bonds is 3. The van der Waals surface area contributed by atoms with Crippen molar-refractivity contribution in [1.29, 1.82) is 0 Å². The van der Waals surface area contributed by atoms with E-state index in [9.17, 15) is 8.42 Å². The molecule has 1 aromatic carbocycles. The number of benzene rings is 1. The predicted molar refractivity (Wildman–Crippen MR) is 58.0 cm³/mol. The third kappa shape index (κ3) is 3.19. The maximum absolute atomic E-state index is 11.0. The van der Waals surface area contributed by atoms with Crippen LogP contribution in [0, 0.1) is 0 Å². The molecule has 0 saturated carbocycles. The van der Waals surface area contributed by atoms with Gasteiger partial charge in [-0.25, -0.2) is 0 Å². The van der Waals surface area contributed by atoms with Gasteiger partial charge in [-0.3, -0.25) is 4.55 Å². The van der Waals surface area contributed by atoms with Gasteiger partial charge < -0.3 is 11.5 Å². The van der Waals surface area contributed by atoms with Crippen LogP contribution in [0.5, 0.6) is 0 Å². The van der Waals surface area contributed by atoms with Gasteiger partial charge in [0.1, 0.15) is 0 Å². The van der Waals surface area contributed by atoms with Crippen LogP contribution in [0.1, 0.15) is 12.5 Å². The number of hydrogen-bond donors (Lipinski definition) is 3. The minimum Gasteiger partial charge on any atom is -0.399 e. The van der Waals surface area contributed by atoms with Crippen molar-refractivity contribution in [3.63, 3.8) is 0 Å². The summed E-state index contributed by atoms with van der Waals surface area (Å²) in [5.74, 6) is 0. The van der Waals surface area contributed by atoms with E-state index in [1.165, 1.54) is 6.07 Å². The van der Waals surface area contributed by atoms with Crippen molar-refractivity contribution in [2.75, 3.05) is 5.73 Å². The Morgan fingerprint density at radius 3 is 2.53 bits per heavy atom. The topological polar surface area (TPSA) is 106 Å². The first-order chi connectivity index (χ1) is 6.80. The van der Waals surface area contributed by atoms with Crippen LogP contribution >= 0.6 is 0 Å². The van der Waals surface area contributed by atoms with Crippen molar-refractivity contribution in [3.8, 4) is 0 Å². The first-order valence-electron chi connectivity index (χ1n) is 4.42. The van der Waals surface area contributed by atoms with E-state index in [-0.39, 0.29) is 16.6 Å².